The summed E-state index contributed by atoms with van der Waals surface area (Å²) in [5, 5.41) is 6.32. The van der Waals surface area contributed by atoms with E-state index in [2.05, 4.69) is 43.5 Å². The maximum Gasteiger partial charge on any atom is 0.221 e. The minimum absolute atomic E-state index is 0.0327. The average Bonchev–Trinajstić information content (AvgIpc) is 2.40. The van der Waals surface area contributed by atoms with Crippen LogP contribution in [0.2, 0.25) is 0 Å². The fourth-order valence-electron chi connectivity index (χ4n) is 2.40. The molecule has 0 saturated carbocycles. The van der Waals surface area contributed by atoms with E-state index in [1.807, 2.05) is 12.1 Å². The van der Waals surface area contributed by atoms with Gasteiger partial charge in [0.15, 0.2) is 0 Å². The van der Waals surface area contributed by atoms with Crippen molar-refractivity contribution in [2.75, 3.05) is 11.9 Å². The van der Waals surface area contributed by atoms with Crippen molar-refractivity contribution in [1.29, 1.82) is 0 Å². The van der Waals surface area contributed by atoms with Crippen molar-refractivity contribution in [2.24, 2.45) is 5.41 Å². The highest BCUT2D eigenvalue weighted by Gasteiger charge is 2.16. The minimum atomic E-state index is -0.0327. The van der Waals surface area contributed by atoms with E-state index in [0.717, 1.165) is 18.8 Å². The largest absolute Gasteiger partial charge is 0.326 e. The Labute approximate surface area is 129 Å². The van der Waals surface area contributed by atoms with Crippen LogP contribution < -0.4 is 10.6 Å². The number of anilines is 1. The van der Waals surface area contributed by atoms with Gasteiger partial charge in [0.1, 0.15) is 0 Å². The lowest BCUT2D eigenvalue weighted by Gasteiger charge is -2.25. The maximum absolute atomic E-state index is 11.0. The van der Waals surface area contributed by atoms with Gasteiger partial charge in [0.2, 0.25) is 5.91 Å². The molecule has 0 fully saturated rings. The van der Waals surface area contributed by atoms with E-state index < -0.39 is 0 Å². The lowest BCUT2D eigenvalue weighted by atomic mass is 9.87. The molecule has 1 amide bonds. The summed E-state index contributed by atoms with van der Waals surface area (Å²) in [5.41, 5.74) is 2.45. The fourth-order valence-corrected chi connectivity index (χ4v) is 2.40. The molecule has 1 rings (SSSR count). The third-order valence-corrected chi connectivity index (χ3v) is 3.66. The molecule has 0 aliphatic heterocycles. The predicted octanol–water partition coefficient (Wildman–Crippen LogP) is 4.34. The normalized spacial score (nSPS) is 11.4. The third-order valence-electron chi connectivity index (χ3n) is 3.66. The molecular formula is C18H30N2O. The zero-order valence-corrected chi connectivity index (χ0v) is 14.0. The van der Waals surface area contributed by atoms with Crippen molar-refractivity contribution in [2.45, 2.75) is 59.9 Å². The Kier molecular flexibility index (Phi) is 7.44. The zero-order valence-electron chi connectivity index (χ0n) is 14.0. The molecule has 2 N–H and O–H groups in total. The topological polar surface area (TPSA) is 41.1 Å². The highest BCUT2D eigenvalue weighted by atomic mass is 16.1. The maximum atomic E-state index is 11.0. The summed E-state index contributed by atoms with van der Waals surface area (Å²) in [4.78, 5) is 11.0. The Balaban J connectivity index is 2.33. The monoisotopic (exact) mass is 290 g/mol. The van der Waals surface area contributed by atoms with Crippen LogP contribution >= 0.6 is 0 Å². The van der Waals surface area contributed by atoms with Gasteiger partial charge in [-0.05, 0) is 29.5 Å². The van der Waals surface area contributed by atoms with Crippen LogP contribution in [-0.2, 0) is 11.3 Å². The second-order valence-electron chi connectivity index (χ2n) is 6.60. The van der Waals surface area contributed by atoms with Gasteiger partial charge in [0.25, 0.3) is 0 Å². The van der Waals surface area contributed by atoms with Crippen molar-refractivity contribution in [3.8, 4) is 0 Å². The van der Waals surface area contributed by atoms with Crippen LogP contribution in [0.1, 0.15) is 58.9 Å². The molecule has 1 aromatic carbocycles. The van der Waals surface area contributed by atoms with Gasteiger partial charge in [-0.3, -0.25) is 4.79 Å². The quantitative estimate of drug-likeness (QED) is 0.664. The molecule has 21 heavy (non-hydrogen) atoms. The molecule has 3 nitrogen and oxygen atoms in total. The first kappa shape index (κ1) is 17.7. The van der Waals surface area contributed by atoms with Crippen LogP contribution in [0.4, 0.5) is 5.69 Å². The molecular weight excluding hydrogens is 260 g/mol. The number of rotatable bonds is 9. The minimum Gasteiger partial charge on any atom is -0.326 e. The van der Waals surface area contributed by atoms with Crippen LogP contribution in [0.5, 0.6) is 0 Å². The lowest BCUT2D eigenvalue weighted by Crippen LogP contribution is -2.29. The molecule has 118 valence electrons. The number of carbonyl (C=O) groups excluding carboxylic acids is 1. The predicted molar refractivity (Wildman–Crippen MR) is 90.4 cm³/mol. The summed E-state index contributed by atoms with van der Waals surface area (Å²) in [6.07, 6.45) is 5.20. The van der Waals surface area contributed by atoms with E-state index >= 15 is 0 Å². The van der Waals surface area contributed by atoms with Gasteiger partial charge < -0.3 is 10.6 Å². The van der Waals surface area contributed by atoms with Gasteiger partial charge in [-0.25, -0.2) is 0 Å². The molecule has 0 spiro atoms. The number of unbranched alkanes of at least 4 members (excludes halogenated alkanes) is 2. The van der Waals surface area contributed by atoms with Crippen LogP contribution in [-0.4, -0.2) is 12.5 Å². The Morgan fingerprint density at radius 3 is 2.38 bits per heavy atom. The number of hydrogen-bond acceptors (Lipinski definition) is 2. The summed E-state index contributed by atoms with van der Waals surface area (Å²) in [6, 6.07) is 8.01. The van der Waals surface area contributed by atoms with Crippen LogP contribution in [0.25, 0.3) is 0 Å². The highest BCUT2D eigenvalue weighted by molar-refractivity contribution is 5.88. The summed E-state index contributed by atoms with van der Waals surface area (Å²) in [5.74, 6) is -0.0327. The second-order valence-corrected chi connectivity index (χ2v) is 6.60. The van der Waals surface area contributed by atoms with E-state index in [1.165, 1.54) is 38.2 Å². The molecule has 3 heteroatoms. The van der Waals surface area contributed by atoms with E-state index in [0.29, 0.717) is 5.41 Å². The fraction of sp³-hybridized carbons (Fsp3) is 0.611. The van der Waals surface area contributed by atoms with Gasteiger partial charge >= 0.3 is 0 Å². The van der Waals surface area contributed by atoms with Crippen LogP contribution in [0, 0.1) is 5.41 Å². The number of benzene rings is 1. The highest BCUT2D eigenvalue weighted by Crippen LogP contribution is 2.22. The molecule has 0 aliphatic rings. The van der Waals surface area contributed by atoms with Gasteiger partial charge in [-0.2, -0.15) is 0 Å². The molecule has 0 aliphatic carbocycles. The van der Waals surface area contributed by atoms with Gasteiger partial charge in [0.05, 0.1) is 0 Å². The molecule has 0 radical (unpaired) electrons. The summed E-state index contributed by atoms with van der Waals surface area (Å²) in [7, 11) is 0. The summed E-state index contributed by atoms with van der Waals surface area (Å²) in [6.45, 7) is 10.3. The molecule has 0 heterocycles. The number of carbonyl (C=O) groups is 1. The van der Waals surface area contributed by atoms with Gasteiger partial charge in [-0.1, -0.05) is 52.2 Å². The van der Waals surface area contributed by atoms with Crippen molar-refractivity contribution in [1.82, 2.24) is 5.32 Å². The first-order valence-corrected chi connectivity index (χ1v) is 8.00. The molecule has 0 saturated heterocycles. The summed E-state index contributed by atoms with van der Waals surface area (Å²) < 4.78 is 0. The Morgan fingerprint density at radius 2 is 1.81 bits per heavy atom. The lowest BCUT2D eigenvalue weighted by molar-refractivity contribution is -0.114. The van der Waals surface area contributed by atoms with Gasteiger partial charge in [0, 0.05) is 25.7 Å². The van der Waals surface area contributed by atoms with E-state index in [9.17, 15) is 4.79 Å². The number of nitrogens with one attached hydrogen (secondary N) is 2. The Morgan fingerprint density at radius 1 is 1.14 bits per heavy atom. The smallest absolute Gasteiger partial charge is 0.221 e. The van der Waals surface area contributed by atoms with Crippen LogP contribution in [0.15, 0.2) is 24.3 Å². The third kappa shape index (κ3) is 7.86. The van der Waals surface area contributed by atoms with E-state index in [1.54, 1.807) is 0 Å². The molecule has 0 unspecified atom stereocenters. The number of hydrogen-bond donors (Lipinski definition) is 2. The Hall–Kier alpha value is -1.35. The standard InChI is InChI=1S/C18H30N2O/c1-5-6-7-12-18(3,4)14-19-13-16-8-10-17(11-9-16)20-15(2)21/h8-11,19H,5-7,12-14H2,1-4H3,(H,20,21). The summed E-state index contributed by atoms with van der Waals surface area (Å²) >= 11 is 0. The second kappa shape index (κ2) is 8.83. The van der Waals surface area contributed by atoms with Crippen molar-refractivity contribution >= 4 is 11.6 Å². The van der Waals surface area contributed by atoms with Crippen molar-refractivity contribution in [3.63, 3.8) is 0 Å². The first-order chi connectivity index (χ1) is 9.93. The molecule has 0 bridgehead atoms. The van der Waals surface area contributed by atoms with Crippen LogP contribution in [0.3, 0.4) is 0 Å². The zero-order chi connectivity index (χ0) is 15.7. The van der Waals surface area contributed by atoms with Gasteiger partial charge in [-0.15, -0.1) is 0 Å². The SMILES string of the molecule is CCCCCC(C)(C)CNCc1ccc(NC(C)=O)cc1. The van der Waals surface area contributed by atoms with Crippen molar-refractivity contribution in [3.05, 3.63) is 29.8 Å². The first-order valence-electron chi connectivity index (χ1n) is 8.00. The molecule has 0 aromatic heterocycles. The molecule has 1 aromatic rings. The average molecular weight is 290 g/mol. The molecule has 0 atom stereocenters. The van der Waals surface area contributed by atoms with E-state index in [4.69, 9.17) is 0 Å². The van der Waals surface area contributed by atoms with E-state index in [-0.39, 0.29) is 5.91 Å². The Bertz CT molecular complexity index is 423. The van der Waals surface area contributed by atoms with Crippen molar-refractivity contribution < 1.29 is 4.79 Å². The number of amides is 1.